The van der Waals surface area contributed by atoms with E-state index in [-0.39, 0.29) is 12.4 Å². The highest BCUT2D eigenvalue weighted by Crippen LogP contribution is 2.23. The van der Waals surface area contributed by atoms with Crippen LogP contribution in [0.5, 0.6) is 0 Å². The molecular formula is C14H16FN3O2S2. The van der Waals surface area contributed by atoms with Crippen LogP contribution >= 0.6 is 23.6 Å². The lowest BCUT2D eigenvalue weighted by Crippen LogP contribution is -2.36. The van der Waals surface area contributed by atoms with Crippen molar-refractivity contribution in [3.63, 3.8) is 0 Å². The Balaban J connectivity index is 2.27. The van der Waals surface area contributed by atoms with E-state index < -0.39 is 11.7 Å². The van der Waals surface area contributed by atoms with E-state index in [0.717, 1.165) is 5.56 Å². The smallest absolute Gasteiger partial charge is 0.417 e. The first-order valence-corrected chi connectivity index (χ1v) is 7.77. The molecule has 0 bridgehead atoms. The van der Waals surface area contributed by atoms with Crippen molar-refractivity contribution in [3.05, 3.63) is 39.6 Å². The molecule has 8 heteroatoms. The average molecular weight is 341 g/mol. The Labute approximate surface area is 136 Å². The number of hydrogen-bond acceptors (Lipinski definition) is 5. The number of anilines is 1. The van der Waals surface area contributed by atoms with Gasteiger partial charge >= 0.3 is 6.09 Å². The van der Waals surface area contributed by atoms with E-state index in [4.69, 9.17) is 17.0 Å². The van der Waals surface area contributed by atoms with Crippen molar-refractivity contribution in [1.82, 2.24) is 10.2 Å². The first-order chi connectivity index (χ1) is 10.2. The molecule has 2 rings (SSSR count). The predicted octanol–water partition coefficient (Wildman–Crippen LogP) is 4.28. The second-order valence-electron chi connectivity index (χ2n) is 5.59. The van der Waals surface area contributed by atoms with Gasteiger partial charge in [0, 0.05) is 0 Å². The molecule has 118 valence electrons. The minimum atomic E-state index is -0.629. The van der Waals surface area contributed by atoms with E-state index in [9.17, 15) is 9.18 Å². The van der Waals surface area contributed by atoms with Gasteiger partial charge in [0.1, 0.15) is 11.4 Å². The largest absolute Gasteiger partial charge is 0.443 e. The molecule has 0 aliphatic rings. The topological polar surface area (TPSA) is 58.2 Å². The average Bonchev–Trinajstić information content (AvgIpc) is 2.82. The number of nitrogens with zero attached hydrogens (tertiary/aromatic N) is 2. The zero-order valence-electron chi connectivity index (χ0n) is 12.4. The highest BCUT2D eigenvalue weighted by molar-refractivity contribution is 7.73. The Morgan fingerprint density at radius 3 is 2.55 bits per heavy atom. The maximum Gasteiger partial charge on any atom is 0.417 e. The van der Waals surface area contributed by atoms with Crippen molar-refractivity contribution in [1.29, 1.82) is 0 Å². The first kappa shape index (κ1) is 16.6. The molecular weight excluding hydrogens is 325 g/mol. The fraction of sp³-hybridized carbons (Fsp3) is 0.357. The third-order valence-electron chi connectivity index (χ3n) is 2.53. The third kappa shape index (κ3) is 4.60. The van der Waals surface area contributed by atoms with Gasteiger partial charge < -0.3 is 4.74 Å². The van der Waals surface area contributed by atoms with Crippen molar-refractivity contribution in [2.24, 2.45) is 0 Å². The van der Waals surface area contributed by atoms with E-state index >= 15 is 0 Å². The van der Waals surface area contributed by atoms with Crippen LogP contribution in [0.1, 0.15) is 26.3 Å². The van der Waals surface area contributed by atoms with Crippen LogP contribution in [0.15, 0.2) is 24.3 Å². The third-order valence-corrected chi connectivity index (χ3v) is 3.64. The lowest BCUT2D eigenvalue weighted by molar-refractivity contribution is 0.0577. The summed E-state index contributed by atoms with van der Waals surface area (Å²) in [5, 5.41) is 7.06. The van der Waals surface area contributed by atoms with Crippen LogP contribution in [0.4, 0.5) is 14.3 Å². The number of rotatable bonds is 3. The predicted molar refractivity (Wildman–Crippen MR) is 86.1 cm³/mol. The molecule has 0 spiro atoms. The number of amides is 1. The minimum Gasteiger partial charge on any atom is -0.443 e. The normalized spacial score (nSPS) is 11.3. The fourth-order valence-electron chi connectivity index (χ4n) is 1.64. The Morgan fingerprint density at radius 1 is 1.41 bits per heavy atom. The van der Waals surface area contributed by atoms with E-state index in [1.54, 1.807) is 32.9 Å². The second kappa shape index (κ2) is 6.53. The van der Waals surface area contributed by atoms with E-state index in [1.165, 1.54) is 28.4 Å². The van der Waals surface area contributed by atoms with Crippen molar-refractivity contribution in [3.8, 4) is 0 Å². The number of aromatic nitrogens is 2. The number of H-pyrrole nitrogens is 1. The number of nitrogens with one attached hydrogen (secondary N) is 1. The molecule has 1 aromatic heterocycles. The number of aromatic amines is 1. The summed E-state index contributed by atoms with van der Waals surface area (Å²) < 4.78 is 18.8. The van der Waals surface area contributed by atoms with Crippen LogP contribution in [0, 0.1) is 9.77 Å². The zero-order valence-corrected chi connectivity index (χ0v) is 14.1. The molecule has 1 heterocycles. The molecule has 2 aromatic rings. The highest BCUT2D eigenvalue weighted by atomic mass is 32.1. The molecule has 22 heavy (non-hydrogen) atoms. The van der Waals surface area contributed by atoms with Gasteiger partial charge in [0.05, 0.1) is 6.54 Å². The number of ether oxygens (including phenoxy) is 1. The molecule has 0 atom stereocenters. The summed E-state index contributed by atoms with van der Waals surface area (Å²) in [5.74, 6) is -0.331. The summed E-state index contributed by atoms with van der Waals surface area (Å²) in [6.07, 6.45) is -0.533. The van der Waals surface area contributed by atoms with E-state index in [0.29, 0.717) is 9.09 Å². The Bertz CT molecular complexity index is 704. The van der Waals surface area contributed by atoms with E-state index in [1.807, 2.05) is 0 Å². The van der Waals surface area contributed by atoms with Gasteiger partial charge in [-0.1, -0.05) is 23.5 Å². The summed E-state index contributed by atoms with van der Waals surface area (Å²) in [5.41, 5.74) is 0.129. The monoisotopic (exact) mass is 341 g/mol. The number of halogens is 1. The quantitative estimate of drug-likeness (QED) is 0.847. The standard InChI is InChI=1S/C14H16FN3O2S2/c1-14(2,3)20-13(19)18(11-16-17-12(21)22-11)8-9-4-6-10(15)7-5-9/h4-7H,8H2,1-3H3,(H,17,21). The number of benzene rings is 1. The highest BCUT2D eigenvalue weighted by Gasteiger charge is 2.25. The van der Waals surface area contributed by atoms with E-state index in [2.05, 4.69) is 10.2 Å². The van der Waals surface area contributed by atoms with Gasteiger partial charge in [-0.05, 0) is 50.7 Å². The molecule has 0 fully saturated rings. The molecule has 1 aromatic carbocycles. The molecule has 0 unspecified atom stereocenters. The lowest BCUT2D eigenvalue weighted by Gasteiger charge is -2.25. The molecule has 1 N–H and O–H groups in total. The van der Waals surface area contributed by atoms with Gasteiger partial charge in [-0.15, -0.1) is 5.10 Å². The summed E-state index contributed by atoms with van der Waals surface area (Å²) >= 11 is 6.17. The maximum absolute atomic E-state index is 13.0. The number of carbonyl (C=O) groups excluding carboxylic acids is 1. The van der Waals surface area contributed by atoms with Gasteiger partial charge in [-0.3, -0.25) is 5.10 Å². The molecule has 0 radical (unpaired) electrons. The van der Waals surface area contributed by atoms with Crippen molar-refractivity contribution in [2.75, 3.05) is 4.90 Å². The first-order valence-electron chi connectivity index (χ1n) is 6.55. The van der Waals surface area contributed by atoms with Crippen LogP contribution in [0.25, 0.3) is 0 Å². The van der Waals surface area contributed by atoms with Crippen LogP contribution in [-0.2, 0) is 11.3 Å². The van der Waals surface area contributed by atoms with Crippen LogP contribution in [0.2, 0.25) is 0 Å². The second-order valence-corrected chi connectivity index (χ2v) is 7.23. The fourth-order valence-corrected chi connectivity index (χ4v) is 2.50. The van der Waals surface area contributed by atoms with Gasteiger partial charge in [0.25, 0.3) is 0 Å². The number of hydrogen-bond donors (Lipinski definition) is 1. The molecule has 0 aliphatic heterocycles. The van der Waals surface area contributed by atoms with Gasteiger partial charge in [-0.2, -0.15) is 0 Å². The van der Waals surface area contributed by atoms with Crippen LogP contribution in [-0.4, -0.2) is 21.9 Å². The zero-order chi connectivity index (χ0) is 16.3. The van der Waals surface area contributed by atoms with Crippen molar-refractivity contribution >= 4 is 34.8 Å². The molecule has 0 aliphatic carbocycles. The van der Waals surface area contributed by atoms with Gasteiger partial charge in [-0.25, -0.2) is 14.1 Å². The summed E-state index contributed by atoms with van der Waals surface area (Å²) in [6.45, 7) is 5.57. The Morgan fingerprint density at radius 2 is 2.05 bits per heavy atom. The summed E-state index contributed by atoms with van der Waals surface area (Å²) in [4.78, 5) is 13.8. The van der Waals surface area contributed by atoms with Crippen LogP contribution < -0.4 is 4.90 Å². The van der Waals surface area contributed by atoms with Crippen molar-refractivity contribution < 1.29 is 13.9 Å². The Hall–Kier alpha value is -1.80. The van der Waals surface area contributed by atoms with Gasteiger partial charge in [0.15, 0.2) is 3.95 Å². The molecule has 0 saturated carbocycles. The molecule has 1 amide bonds. The number of carbonyl (C=O) groups is 1. The SMILES string of the molecule is CC(C)(C)OC(=O)N(Cc1ccc(F)cc1)c1n[nH]c(=S)s1. The maximum atomic E-state index is 13.0. The van der Waals surface area contributed by atoms with Crippen LogP contribution in [0.3, 0.4) is 0 Å². The lowest BCUT2D eigenvalue weighted by atomic mass is 10.2. The summed E-state index contributed by atoms with van der Waals surface area (Å²) in [6, 6.07) is 5.90. The summed E-state index contributed by atoms with van der Waals surface area (Å²) in [7, 11) is 0. The minimum absolute atomic E-state index is 0.214. The van der Waals surface area contributed by atoms with Crippen molar-refractivity contribution in [2.45, 2.75) is 32.9 Å². The Kier molecular flexibility index (Phi) is 4.92. The molecule has 5 nitrogen and oxygen atoms in total. The molecule has 0 saturated heterocycles. The van der Waals surface area contributed by atoms with Gasteiger partial charge in [0.2, 0.25) is 5.13 Å².